The Morgan fingerprint density at radius 2 is 1.94 bits per heavy atom. The highest BCUT2D eigenvalue weighted by Gasteiger charge is 2.29. The fourth-order valence-electron chi connectivity index (χ4n) is 3.85. The lowest BCUT2D eigenvalue weighted by molar-refractivity contribution is -0.125. The molecule has 0 saturated carbocycles. The number of aromatic nitrogens is 2. The van der Waals surface area contributed by atoms with E-state index in [1.165, 1.54) is 27.1 Å². The minimum Gasteiger partial charge on any atom is -0.479 e. The monoisotopic (exact) mass is 479 g/mol. The van der Waals surface area contributed by atoms with E-state index in [9.17, 15) is 14.4 Å². The summed E-state index contributed by atoms with van der Waals surface area (Å²) in [6, 6.07) is 12.1. The van der Waals surface area contributed by atoms with Crippen molar-refractivity contribution < 1.29 is 14.3 Å². The molecule has 0 radical (unpaired) electrons. The Hall–Kier alpha value is -3.49. The fourth-order valence-corrected chi connectivity index (χ4v) is 4.89. The summed E-state index contributed by atoms with van der Waals surface area (Å²) in [6.45, 7) is 1.50. The number of benzene rings is 2. The van der Waals surface area contributed by atoms with Crippen LogP contribution in [0.3, 0.4) is 0 Å². The SMILES string of the molecule is CC1Oc2ccc(C(=O)Cn3cnc4scc(-c5ccc(Cl)cc5)c4c3=O)cc2N(C)C1=O. The third-order valence-corrected chi connectivity index (χ3v) is 6.79. The van der Waals surface area contributed by atoms with Crippen LogP contribution < -0.4 is 15.2 Å². The van der Waals surface area contributed by atoms with Gasteiger partial charge in [0.25, 0.3) is 11.5 Å². The molecule has 166 valence electrons. The number of ether oxygens (including phenoxy) is 1. The number of nitrogens with zero attached hydrogens (tertiary/aromatic N) is 3. The Kier molecular flexibility index (Phi) is 5.26. The molecule has 0 fully saturated rings. The molecule has 2 aromatic carbocycles. The maximum absolute atomic E-state index is 13.3. The molecule has 0 saturated heterocycles. The zero-order valence-corrected chi connectivity index (χ0v) is 19.3. The number of Topliss-reactive ketones (excluding diaryl/α,β-unsaturated/α-hetero) is 1. The van der Waals surface area contributed by atoms with Gasteiger partial charge >= 0.3 is 0 Å². The van der Waals surface area contributed by atoms with E-state index in [1.807, 2.05) is 17.5 Å². The van der Waals surface area contributed by atoms with Crippen LogP contribution in [0.5, 0.6) is 5.75 Å². The number of ketones is 1. The van der Waals surface area contributed by atoms with E-state index in [2.05, 4.69) is 4.98 Å². The van der Waals surface area contributed by atoms with Crippen LogP contribution in [0.4, 0.5) is 5.69 Å². The second kappa shape index (κ2) is 8.13. The molecule has 1 unspecified atom stereocenters. The molecular weight excluding hydrogens is 462 g/mol. The molecular formula is C24H18ClN3O4S. The summed E-state index contributed by atoms with van der Waals surface area (Å²) in [7, 11) is 1.64. The van der Waals surface area contributed by atoms with Gasteiger partial charge in [0.2, 0.25) is 0 Å². The van der Waals surface area contributed by atoms with E-state index in [0.29, 0.717) is 32.2 Å². The first-order valence-corrected chi connectivity index (χ1v) is 11.4. The number of anilines is 1. The lowest BCUT2D eigenvalue weighted by Gasteiger charge is -2.30. The van der Waals surface area contributed by atoms with E-state index >= 15 is 0 Å². The molecule has 5 rings (SSSR count). The summed E-state index contributed by atoms with van der Waals surface area (Å²) in [4.78, 5) is 45.0. The quantitative estimate of drug-likeness (QED) is 0.405. The zero-order chi connectivity index (χ0) is 23.3. The van der Waals surface area contributed by atoms with Crippen molar-refractivity contribution in [2.45, 2.75) is 19.6 Å². The van der Waals surface area contributed by atoms with Crippen molar-refractivity contribution in [2.75, 3.05) is 11.9 Å². The Balaban J connectivity index is 1.49. The first kappa shape index (κ1) is 21.4. The molecule has 4 aromatic rings. The van der Waals surface area contributed by atoms with Crippen molar-refractivity contribution in [1.82, 2.24) is 9.55 Å². The molecule has 1 aliphatic heterocycles. The van der Waals surface area contributed by atoms with Crippen LogP contribution in [0.2, 0.25) is 5.02 Å². The number of carbonyl (C=O) groups is 2. The highest BCUT2D eigenvalue weighted by atomic mass is 35.5. The summed E-state index contributed by atoms with van der Waals surface area (Å²) in [5, 5.41) is 2.96. The average Bonchev–Trinajstić information content (AvgIpc) is 3.24. The average molecular weight is 480 g/mol. The van der Waals surface area contributed by atoms with Gasteiger partial charge in [-0.25, -0.2) is 4.98 Å². The highest BCUT2D eigenvalue weighted by molar-refractivity contribution is 7.17. The van der Waals surface area contributed by atoms with Crippen LogP contribution in [-0.2, 0) is 11.3 Å². The first-order chi connectivity index (χ1) is 15.8. The molecule has 1 aliphatic rings. The number of hydrogen-bond donors (Lipinski definition) is 0. The number of halogens is 1. The lowest BCUT2D eigenvalue weighted by Crippen LogP contribution is -2.42. The first-order valence-electron chi connectivity index (χ1n) is 10.2. The van der Waals surface area contributed by atoms with Gasteiger partial charge in [0.05, 0.1) is 23.9 Å². The molecule has 1 atom stereocenters. The highest BCUT2D eigenvalue weighted by Crippen LogP contribution is 2.34. The van der Waals surface area contributed by atoms with E-state index in [4.69, 9.17) is 16.3 Å². The van der Waals surface area contributed by atoms with E-state index in [-0.39, 0.29) is 23.8 Å². The molecule has 1 amide bonds. The number of thiophene rings is 1. The summed E-state index contributed by atoms with van der Waals surface area (Å²) in [6.07, 6.45) is 0.810. The van der Waals surface area contributed by atoms with Gasteiger partial charge in [-0.2, -0.15) is 0 Å². The van der Waals surface area contributed by atoms with Crippen LogP contribution >= 0.6 is 22.9 Å². The number of amides is 1. The van der Waals surface area contributed by atoms with Crippen LogP contribution in [-0.4, -0.2) is 34.4 Å². The second-order valence-electron chi connectivity index (χ2n) is 7.78. The van der Waals surface area contributed by atoms with Crippen molar-refractivity contribution >= 4 is 50.5 Å². The standard InChI is InChI=1S/C24H18ClN3O4S/c1-13-23(30)27(2)18-9-15(5-8-20(18)32-13)19(29)10-28-12-26-22-21(24(28)31)17(11-33-22)14-3-6-16(25)7-4-14/h3-9,11-13H,10H2,1-2H3. The largest absolute Gasteiger partial charge is 0.479 e. The normalized spacial score (nSPS) is 15.4. The molecule has 0 bridgehead atoms. The predicted molar refractivity (Wildman–Crippen MR) is 129 cm³/mol. The van der Waals surface area contributed by atoms with Gasteiger partial charge in [-0.15, -0.1) is 11.3 Å². The molecule has 0 aliphatic carbocycles. The minimum absolute atomic E-state index is 0.175. The number of fused-ring (bicyclic) bond motifs is 2. The van der Waals surface area contributed by atoms with Crippen molar-refractivity contribution in [2.24, 2.45) is 0 Å². The summed E-state index contributed by atoms with van der Waals surface area (Å²) in [5.41, 5.74) is 2.22. The van der Waals surface area contributed by atoms with Crippen LogP contribution in [0, 0.1) is 0 Å². The third kappa shape index (κ3) is 3.71. The van der Waals surface area contributed by atoms with E-state index in [1.54, 1.807) is 44.3 Å². The van der Waals surface area contributed by atoms with E-state index in [0.717, 1.165) is 11.1 Å². The van der Waals surface area contributed by atoms with Crippen molar-refractivity contribution in [3.63, 3.8) is 0 Å². The molecule has 2 aromatic heterocycles. The Morgan fingerprint density at radius 3 is 2.70 bits per heavy atom. The van der Waals surface area contributed by atoms with Crippen molar-refractivity contribution in [3.05, 3.63) is 75.1 Å². The van der Waals surface area contributed by atoms with Crippen molar-refractivity contribution in [1.29, 1.82) is 0 Å². The maximum atomic E-state index is 13.3. The van der Waals surface area contributed by atoms with Gasteiger partial charge in [0.15, 0.2) is 11.9 Å². The van der Waals surface area contributed by atoms with Gasteiger partial charge in [0.1, 0.15) is 10.6 Å². The van der Waals surface area contributed by atoms with Gasteiger partial charge < -0.3 is 9.64 Å². The molecule has 3 heterocycles. The fraction of sp³-hybridized carbons (Fsp3) is 0.167. The zero-order valence-electron chi connectivity index (χ0n) is 17.7. The van der Waals surface area contributed by atoms with E-state index < -0.39 is 6.10 Å². The van der Waals surface area contributed by atoms with Crippen LogP contribution in [0.15, 0.2) is 59.0 Å². The summed E-state index contributed by atoms with van der Waals surface area (Å²) < 4.78 is 6.92. The topological polar surface area (TPSA) is 81.5 Å². The molecule has 0 N–H and O–H groups in total. The number of carbonyl (C=O) groups excluding carboxylic acids is 2. The lowest BCUT2D eigenvalue weighted by atomic mass is 10.1. The third-order valence-electron chi connectivity index (χ3n) is 5.65. The number of rotatable bonds is 4. The molecule has 9 heteroatoms. The summed E-state index contributed by atoms with van der Waals surface area (Å²) >= 11 is 7.36. The van der Waals surface area contributed by atoms with Gasteiger partial charge in [-0.05, 0) is 42.8 Å². The minimum atomic E-state index is -0.583. The Labute approximate surface area is 197 Å². The number of likely N-dealkylation sites (N-methyl/N-ethyl adjacent to an activating group) is 1. The predicted octanol–water partition coefficient (Wildman–Crippen LogP) is 4.41. The Bertz CT molecular complexity index is 1480. The number of hydrogen-bond acceptors (Lipinski definition) is 6. The van der Waals surface area contributed by atoms with Crippen molar-refractivity contribution in [3.8, 4) is 16.9 Å². The second-order valence-corrected chi connectivity index (χ2v) is 9.07. The molecule has 0 spiro atoms. The van der Waals surface area contributed by atoms with Crippen LogP contribution in [0.1, 0.15) is 17.3 Å². The van der Waals surface area contributed by atoms with Gasteiger partial charge in [-0.3, -0.25) is 19.0 Å². The molecule has 7 nitrogen and oxygen atoms in total. The summed E-state index contributed by atoms with van der Waals surface area (Å²) in [5.74, 6) is 0.0706. The maximum Gasteiger partial charge on any atom is 0.267 e. The Morgan fingerprint density at radius 1 is 1.18 bits per heavy atom. The van der Waals surface area contributed by atoms with Gasteiger partial charge in [-0.1, -0.05) is 23.7 Å². The van der Waals surface area contributed by atoms with Gasteiger partial charge in [0, 0.05) is 28.6 Å². The van der Waals surface area contributed by atoms with Crippen LogP contribution in [0.25, 0.3) is 21.3 Å². The molecule has 33 heavy (non-hydrogen) atoms. The smallest absolute Gasteiger partial charge is 0.267 e.